The molecule has 1 heterocycles. The van der Waals surface area contributed by atoms with Gasteiger partial charge in [-0.3, -0.25) is 0 Å². The Balaban J connectivity index is 0.000000235. The van der Waals surface area contributed by atoms with Gasteiger partial charge < -0.3 is 23.5 Å². The molecule has 2 N–H and O–H groups in total. The number of isocyanates is 1. The summed E-state index contributed by atoms with van der Waals surface area (Å²) in [4.78, 5) is 14.8. The van der Waals surface area contributed by atoms with Gasteiger partial charge in [-0.05, 0) is 51.5 Å². The molecule has 11 heteroatoms. The number of aromatic nitrogens is 3. The number of aliphatic imine (C=N–C) groups is 1. The molecular formula is C22H30N4O6Si. The maximum Gasteiger partial charge on any atom is 0.500 e. The highest BCUT2D eigenvalue weighted by atomic mass is 28.4. The Kier molecular flexibility index (Phi) is 10.7. The van der Waals surface area contributed by atoms with Gasteiger partial charge in [0.2, 0.25) is 6.08 Å². The molecule has 0 fully saturated rings. The fourth-order valence-electron chi connectivity index (χ4n) is 3.07. The molecule has 33 heavy (non-hydrogen) atoms. The van der Waals surface area contributed by atoms with Crippen molar-refractivity contribution in [3.63, 3.8) is 0 Å². The van der Waals surface area contributed by atoms with Crippen LogP contribution in [0, 0.1) is 0 Å². The fourth-order valence-corrected chi connectivity index (χ4v) is 5.66. The topological polar surface area (TPSA) is 128 Å². The highest BCUT2D eigenvalue weighted by Gasteiger charge is 2.39. The molecule has 3 aromatic rings. The maximum absolute atomic E-state index is 9.93. The molecule has 10 nitrogen and oxygen atoms in total. The van der Waals surface area contributed by atoms with Gasteiger partial charge in [0, 0.05) is 31.9 Å². The lowest BCUT2D eigenvalue weighted by molar-refractivity contribution is 0.0710. The summed E-state index contributed by atoms with van der Waals surface area (Å²) in [7, 11) is -2.54. The number of nitrogens with zero attached hydrogens (tertiary/aromatic N) is 4. The Morgan fingerprint density at radius 2 is 1.55 bits per heavy atom. The van der Waals surface area contributed by atoms with E-state index in [4.69, 9.17) is 13.3 Å². The second kappa shape index (κ2) is 13.5. The highest BCUT2D eigenvalue weighted by Crippen LogP contribution is 2.25. The minimum atomic E-state index is -2.54. The van der Waals surface area contributed by atoms with Crippen molar-refractivity contribution in [2.45, 2.75) is 33.2 Å². The van der Waals surface area contributed by atoms with Crippen molar-refractivity contribution in [2.24, 2.45) is 4.99 Å². The first kappa shape index (κ1) is 26.2. The number of benzene rings is 2. The van der Waals surface area contributed by atoms with Crippen molar-refractivity contribution >= 4 is 25.9 Å². The molecule has 0 saturated heterocycles. The molecule has 0 aliphatic rings. The number of carbonyl (C=O) groups excluding carboxylic acids is 1. The van der Waals surface area contributed by atoms with Crippen LogP contribution in [0.25, 0.3) is 16.7 Å². The van der Waals surface area contributed by atoms with Crippen LogP contribution in [-0.4, -0.2) is 66.5 Å². The van der Waals surface area contributed by atoms with Gasteiger partial charge in [-0.25, -0.2) is 9.79 Å². The minimum absolute atomic E-state index is 0.00274. The van der Waals surface area contributed by atoms with Crippen molar-refractivity contribution < 1.29 is 28.3 Å². The van der Waals surface area contributed by atoms with Crippen LogP contribution in [0.15, 0.2) is 47.5 Å². The van der Waals surface area contributed by atoms with E-state index in [1.54, 1.807) is 6.07 Å². The first-order valence-electron chi connectivity index (χ1n) is 10.8. The van der Waals surface area contributed by atoms with Crippen LogP contribution in [0.4, 0.5) is 0 Å². The Labute approximate surface area is 193 Å². The molecule has 0 radical (unpaired) electrons. The van der Waals surface area contributed by atoms with Gasteiger partial charge in [-0.2, -0.15) is 0 Å². The van der Waals surface area contributed by atoms with E-state index < -0.39 is 8.80 Å². The lowest BCUT2D eigenvalue weighted by Gasteiger charge is -2.28. The van der Waals surface area contributed by atoms with E-state index in [1.165, 1.54) is 23.0 Å². The van der Waals surface area contributed by atoms with Crippen molar-refractivity contribution in [3.05, 3.63) is 42.5 Å². The Morgan fingerprint density at radius 1 is 0.970 bits per heavy atom. The summed E-state index contributed by atoms with van der Waals surface area (Å²) in [6.45, 7) is 7.93. The lowest BCUT2D eigenvalue weighted by Crippen LogP contribution is -2.46. The van der Waals surface area contributed by atoms with Gasteiger partial charge in [0.25, 0.3) is 0 Å². The number of rotatable bonds is 11. The second-order valence-corrected chi connectivity index (χ2v) is 9.44. The van der Waals surface area contributed by atoms with E-state index in [2.05, 4.69) is 15.2 Å². The number of phenolic OH excluding ortho intramolecular Hbond substituents is 2. The standard InChI is InChI=1S/C12H9N3O2.C10H21NO4Si/c16-8-5-6-11(12(17)7-8)15-13-9-3-1-2-4-10(9)14-15;1-4-13-16(14-5-2,15-6-3)9-7-8-11-10-12/h1-7,16-17H;4-9H2,1-3H3. The number of hydrogen-bond donors (Lipinski definition) is 2. The van der Waals surface area contributed by atoms with Crippen LogP contribution < -0.4 is 0 Å². The summed E-state index contributed by atoms with van der Waals surface area (Å²) < 4.78 is 16.9. The van der Waals surface area contributed by atoms with E-state index in [9.17, 15) is 15.0 Å². The third kappa shape index (κ3) is 7.77. The normalized spacial score (nSPS) is 11.0. The molecule has 0 aliphatic heterocycles. The van der Waals surface area contributed by atoms with Crippen molar-refractivity contribution in [1.29, 1.82) is 0 Å². The maximum atomic E-state index is 9.93. The van der Waals surface area contributed by atoms with Crippen LogP contribution in [0.5, 0.6) is 11.5 Å². The zero-order valence-electron chi connectivity index (χ0n) is 19.1. The first-order valence-corrected chi connectivity index (χ1v) is 12.7. The van der Waals surface area contributed by atoms with Crippen molar-refractivity contribution in [1.82, 2.24) is 15.0 Å². The van der Waals surface area contributed by atoms with Gasteiger partial charge in [0.1, 0.15) is 28.2 Å². The third-order valence-corrected chi connectivity index (χ3v) is 7.52. The van der Waals surface area contributed by atoms with E-state index in [0.29, 0.717) is 38.1 Å². The molecule has 0 unspecified atom stereocenters. The summed E-state index contributed by atoms with van der Waals surface area (Å²) in [5.41, 5.74) is 1.93. The minimum Gasteiger partial charge on any atom is -0.508 e. The van der Waals surface area contributed by atoms with Gasteiger partial charge in [0.15, 0.2) is 0 Å². The van der Waals surface area contributed by atoms with Gasteiger partial charge in [-0.1, -0.05) is 12.1 Å². The monoisotopic (exact) mass is 474 g/mol. The average molecular weight is 475 g/mol. The predicted molar refractivity (Wildman–Crippen MR) is 125 cm³/mol. The molecule has 0 spiro atoms. The largest absolute Gasteiger partial charge is 0.508 e. The smallest absolute Gasteiger partial charge is 0.500 e. The molecule has 1 aromatic heterocycles. The molecule has 0 aliphatic carbocycles. The van der Waals surface area contributed by atoms with Crippen LogP contribution in [0.3, 0.4) is 0 Å². The molecule has 0 saturated carbocycles. The molecule has 0 amide bonds. The number of aromatic hydroxyl groups is 2. The number of fused-ring (bicyclic) bond motifs is 1. The summed E-state index contributed by atoms with van der Waals surface area (Å²) in [5, 5.41) is 27.4. The van der Waals surface area contributed by atoms with E-state index >= 15 is 0 Å². The summed E-state index contributed by atoms with van der Waals surface area (Å²) in [6.07, 6.45) is 2.24. The third-order valence-electron chi connectivity index (χ3n) is 4.37. The van der Waals surface area contributed by atoms with Crippen molar-refractivity contribution in [3.8, 4) is 17.2 Å². The van der Waals surface area contributed by atoms with E-state index in [1.807, 2.05) is 45.0 Å². The quantitative estimate of drug-likeness (QED) is 0.187. The lowest BCUT2D eigenvalue weighted by atomic mass is 10.3. The molecule has 0 atom stereocenters. The summed E-state index contributed by atoms with van der Waals surface area (Å²) in [5.74, 6) is -0.0618. The zero-order valence-corrected chi connectivity index (χ0v) is 20.1. The SMILES string of the molecule is CCO[Si](CCCN=C=O)(OCC)OCC.Oc1ccc(-n2nc3ccccc3n2)c(O)c1. The van der Waals surface area contributed by atoms with Crippen LogP contribution in [-0.2, 0) is 18.1 Å². The fraction of sp³-hybridized carbons (Fsp3) is 0.409. The Bertz CT molecular complexity index is 1000. The highest BCUT2D eigenvalue weighted by molar-refractivity contribution is 6.60. The Hall–Kier alpha value is -3.08. The van der Waals surface area contributed by atoms with Gasteiger partial charge >= 0.3 is 8.80 Å². The zero-order chi connectivity index (χ0) is 24.1. The summed E-state index contributed by atoms with van der Waals surface area (Å²) in [6, 6.07) is 12.4. The number of phenols is 2. The van der Waals surface area contributed by atoms with E-state index in [0.717, 1.165) is 17.5 Å². The van der Waals surface area contributed by atoms with Gasteiger partial charge in [0.05, 0.1) is 6.54 Å². The van der Waals surface area contributed by atoms with Gasteiger partial charge in [-0.15, -0.1) is 15.0 Å². The molecule has 3 rings (SSSR count). The number of hydrogen-bond acceptors (Lipinski definition) is 9. The van der Waals surface area contributed by atoms with Crippen LogP contribution in [0.2, 0.25) is 6.04 Å². The molecule has 2 aromatic carbocycles. The van der Waals surface area contributed by atoms with Crippen LogP contribution >= 0.6 is 0 Å². The summed E-state index contributed by atoms with van der Waals surface area (Å²) >= 11 is 0. The second-order valence-electron chi connectivity index (χ2n) is 6.71. The molecule has 178 valence electrons. The van der Waals surface area contributed by atoms with E-state index in [-0.39, 0.29) is 11.5 Å². The molecule has 0 bridgehead atoms. The first-order chi connectivity index (χ1) is 16.0. The predicted octanol–water partition coefficient (Wildman–Crippen LogP) is 3.59. The van der Waals surface area contributed by atoms with Crippen molar-refractivity contribution in [2.75, 3.05) is 26.4 Å². The Morgan fingerprint density at radius 3 is 2.03 bits per heavy atom. The molecular weight excluding hydrogens is 444 g/mol. The average Bonchev–Trinajstić information content (AvgIpc) is 3.22. The van der Waals surface area contributed by atoms with Crippen LogP contribution in [0.1, 0.15) is 27.2 Å².